The quantitative estimate of drug-likeness (QED) is 0.138. The van der Waals surface area contributed by atoms with Crippen LogP contribution in [0.1, 0.15) is 47.3 Å². The number of hydrogen-bond acceptors (Lipinski definition) is 7. The first-order valence-electron chi connectivity index (χ1n) is 16.0. The molecular formula is C38H44N4O4S. The van der Waals surface area contributed by atoms with Crippen molar-refractivity contribution in [3.8, 4) is 11.1 Å². The Morgan fingerprint density at radius 1 is 0.872 bits per heavy atom. The predicted octanol–water partition coefficient (Wildman–Crippen LogP) is 6.53. The molecule has 2 amide bonds. The van der Waals surface area contributed by atoms with Crippen molar-refractivity contribution in [3.05, 3.63) is 120 Å². The number of aromatic nitrogens is 1. The van der Waals surface area contributed by atoms with E-state index in [2.05, 4.69) is 33.4 Å². The summed E-state index contributed by atoms with van der Waals surface area (Å²) >= 11 is 1.57. The first kappa shape index (κ1) is 35.2. The molecule has 1 aromatic heterocycles. The van der Waals surface area contributed by atoms with E-state index in [9.17, 15) is 14.4 Å². The predicted molar refractivity (Wildman–Crippen MR) is 190 cm³/mol. The van der Waals surface area contributed by atoms with Gasteiger partial charge in [0, 0.05) is 37.9 Å². The van der Waals surface area contributed by atoms with Crippen LogP contribution in [-0.4, -0.2) is 65.4 Å². The summed E-state index contributed by atoms with van der Waals surface area (Å²) < 4.78 is 5.41. The second-order valence-electron chi connectivity index (χ2n) is 11.2. The van der Waals surface area contributed by atoms with Crippen molar-refractivity contribution in [1.82, 2.24) is 15.2 Å². The van der Waals surface area contributed by atoms with Gasteiger partial charge in [0.25, 0.3) is 11.8 Å². The number of nitrogens with one attached hydrogen (secondary N) is 1. The molecule has 0 aliphatic carbocycles. The second-order valence-corrected chi connectivity index (χ2v) is 12.2. The molecule has 0 aliphatic rings. The van der Waals surface area contributed by atoms with E-state index >= 15 is 0 Å². The lowest BCUT2D eigenvalue weighted by molar-refractivity contribution is -0.153. The zero-order valence-corrected chi connectivity index (χ0v) is 28.5. The summed E-state index contributed by atoms with van der Waals surface area (Å²) in [6.07, 6.45) is 5.94. The highest BCUT2D eigenvalue weighted by Gasteiger charge is 2.26. The molecule has 3 aromatic carbocycles. The van der Waals surface area contributed by atoms with Crippen LogP contribution in [0.5, 0.6) is 0 Å². The summed E-state index contributed by atoms with van der Waals surface area (Å²) in [5.41, 5.74) is 6.38. The largest absolute Gasteiger partial charge is 0.454 e. The van der Waals surface area contributed by atoms with E-state index in [1.807, 2.05) is 100.0 Å². The SMILES string of the molecule is CCN(CC)C(=O)COC(=O)C(CCSC)NC(=O)c1ccc(CN(Cc2ccccc2)c2cccnc2)cc1-c1ccccc1C. The van der Waals surface area contributed by atoms with Crippen LogP contribution >= 0.6 is 11.8 Å². The number of amides is 2. The van der Waals surface area contributed by atoms with E-state index < -0.39 is 12.0 Å². The number of benzene rings is 3. The highest BCUT2D eigenvalue weighted by molar-refractivity contribution is 7.98. The Balaban J connectivity index is 1.63. The summed E-state index contributed by atoms with van der Waals surface area (Å²) in [4.78, 5) is 47.8. The van der Waals surface area contributed by atoms with Crippen LogP contribution in [0.15, 0.2) is 97.3 Å². The molecule has 0 spiro atoms. The van der Waals surface area contributed by atoms with Crippen LogP contribution in [0.25, 0.3) is 11.1 Å². The van der Waals surface area contributed by atoms with Gasteiger partial charge in [0.15, 0.2) is 6.61 Å². The molecule has 0 fully saturated rings. The molecule has 0 aliphatic heterocycles. The first-order chi connectivity index (χ1) is 22.8. The minimum atomic E-state index is -0.893. The Bertz CT molecular complexity index is 1610. The number of carbonyl (C=O) groups is 3. The molecule has 0 saturated carbocycles. The highest BCUT2D eigenvalue weighted by atomic mass is 32.2. The molecule has 4 rings (SSSR count). The number of hydrogen-bond donors (Lipinski definition) is 1. The van der Waals surface area contributed by atoms with E-state index in [1.165, 1.54) is 5.56 Å². The van der Waals surface area contributed by atoms with Crippen LogP contribution < -0.4 is 10.2 Å². The zero-order valence-electron chi connectivity index (χ0n) is 27.6. The number of nitrogens with zero attached hydrogens (tertiary/aromatic N) is 3. The normalized spacial score (nSPS) is 11.4. The number of likely N-dealkylation sites (N-methyl/N-ethyl adjacent to an activating group) is 1. The number of aryl methyl sites for hydroxylation is 1. The summed E-state index contributed by atoms with van der Waals surface area (Å²) in [5.74, 6) is -0.612. The van der Waals surface area contributed by atoms with Crippen LogP contribution in [0, 0.1) is 6.92 Å². The van der Waals surface area contributed by atoms with Crippen molar-refractivity contribution in [3.63, 3.8) is 0 Å². The van der Waals surface area contributed by atoms with Gasteiger partial charge >= 0.3 is 5.97 Å². The maximum Gasteiger partial charge on any atom is 0.329 e. The maximum absolute atomic E-state index is 13.9. The number of esters is 1. The van der Waals surface area contributed by atoms with Gasteiger partial charge in [-0.3, -0.25) is 14.6 Å². The lowest BCUT2D eigenvalue weighted by Crippen LogP contribution is -2.44. The number of anilines is 1. The van der Waals surface area contributed by atoms with Gasteiger partial charge < -0.3 is 19.9 Å². The molecule has 1 heterocycles. The molecule has 8 nitrogen and oxygen atoms in total. The molecule has 9 heteroatoms. The average molecular weight is 653 g/mol. The van der Waals surface area contributed by atoms with Gasteiger partial charge in [-0.1, -0.05) is 60.7 Å². The van der Waals surface area contributed by atoms with E-state index in [0.29, 0.717) is 43.9 Å². The summed E-state index contributed by atoms with van der Waals surface area (Å²) in [6, 6.07) is 27.2. The van der Waals surface area contributed by atoms with Gasteiger partial charge in [-0.05, 0) is 91.3 Å². The zero-order chi connectivity index (χ0) is 33.6. The van der Waals surface area contributed by atoms with E-state index in [4.69, 9.17) is 4.74 Å². The second kappa shape index (κ2) is 17.9. The van der Waals surface area contributed by atoms with Gasteiger partial charge in [0.2, 0.25) is 0 Å². The third-order valence-corrected chi connectivity index (χ3v) is 8.66. The average Bonchev–Trinajstić information content (AvgIpc) is 3.10. The third-order valence-electron chi connectivity index (χ3n) is 8.02. The fourth-order valence-electron chi connectivity index (χ4n) is 5.41. The van der Waals surface area contributed by atoms with Crippen LogP contribution in [0.2, 0.25) is 0 Å². The fourth-order valence-corrected chi connectivity index (χ4v) is 5.88. The number of carbonyl (C=O) groups excluding carboxylic acids is 3. The molecule has 246 valence electrons. The van der Waals surface area contributed by atoms with Crippen molar-refractivity contribution < 1.29 is 19.1 Å². The molecular weight excluding hydrogens is 609 g/mol. The van der Waals surface area contributed by atoms with Crippen molar-refractivity contribution >= 4 is 35.2 Å². The molecule has 47 heavy (non-hydrogen) atoms. The Morgan fingerprint density at radius 3 is 2.28 bits per heavy atom. The minimum Gasteiger partial charge on any atom is -0.454 e. The van der Waals surface area contributed by atoms with E-state index in [0.717, 1.165) is 27.9 Å². The monoisotopic (exact) mass is 652 g/mol. The van der Waals surface area contributed by atoms with Crippen molar-refractivity contribution in [2.45, 2.75) is 46.3 Å². The standard InChI is InChI=1S/C38H44N4O4S/c1-5-41(6-2)36(43)27-46-38(45)35(20-22-47-4)40-37(44)33-19-18-30(23-34(33)32-17-11-10-13-28(32)3)26-42(31-16-12-21-39-24-31)25-29-14-8-7-9-15-29/h7-19,21,23-24,35H,5-6,20,22,25-27H2,1-4H3,(H,40,44). The molecule has 1 N–H and O–H groups in total. The number of rotatable bonds is 16. The minimum absolute atomic E-state index is 0.261. The first-order valence-corrected chi connectivity index (χ1v) is 17.4. The van der Waals surface area contributed by atoms with Gasteiger partial charge in [0.05, 0.1) is 11.9 Å². The Morgan fingerprint density at radius 2 is 1.60 bits per heavy atom. The third kappa shape index (κ3) is 9.93. The van der Waals surface area contributed by atoms with E-state index in [-0.39, 0.29) is 18.4 Å². The number of pyridine rings is 1. The fraction of sp³-hybridized carbons (Fsp3) is 0.316. The Kier molecular flexibility index (Phi) is 13.4. The van der Waals surface area contributed by atoms with Gasteiger partial charge in [-0.25, -0.2) is 4.79 Å². The van der Waals surface area contributed by atoms with Crippen molar-refractivity contribution in [2.75, 3.05) is 36.6 Å². The van der Waals surface area contributed by atoms with Crippen LogP contribution in [0.4, 0.5) is 5.69 Å². The van der Waals surface area contributed by atoms with Crippen molar-refractivity contribution in [1.29, 1.82) is 0 Å². The molecule has 0 radical (unpaired) electrons. The molecule has 0 saturated heterocycles. The molecule has 4 aromatic rings. The highest BCUT2D eigenvalue weighted by Crippen LogP contribution is 2.30. The Hall–Kier alpha value is -4.63. The molecule has 0 bridgehead atoms. The van der Waals surface area contributed by atoms with Crippen LogP contribution in [-0.2, 0) is 27.4 Å². The van der Waals surface area contributed by atoms with Crippen molar-refractivity contribution in [2.24, 2.45) is 0 Å². The molecule has 1 unspecified atom stereocenters. The molecule has 1 atom stereocenters. The summed E-state index contributed by atoms with van der Waals surface area (Å²) in [6.45, 7) is 7.75. The maximum atomic E-state index is 13.9. The summed E-state index contributed by atoms with van der Waals surface area (Å²) in [7, 11) is 0. The van der Waals surface area contributed by atoms with E-state index in [1.54, 1.807) is 22.9 Å². The van der Waals surface area contributed by atoms with Gasteiger partial charge in [0.1, 0.15) is 6.04 Å². The summed E-state index contributed by atoms with van der Waals surface area (Å²) in [5, 5.41) is 2.93. The lowest BCUT2D eigenvalue weighted by Gasteiger charge is -2.26. The van der Waals surface area contributed by atoms with Gasteiger partial charge in [-0.15, -0.1) is 0 Å². The van der Waals surface area contributed by atoms with Crippen LogP contribution in [0.3, 0.4) is 0 Å². The smallest absolute Gasteiger partial charge is 0.329 e. The Labute approximate surface area is 282 Å². The van der Waals surface area contributed by atoms with Gasteiger partial charge in [-0.2, -0.15) is 11.8 Å². The lowest BCUT2D eigenvalue weighted by atomic mass is 9.93. The number of ether oxygens (including phenoxy) is 1. The topological polar surface area (TPSA) is 91.8 Å². The number of thioether (sulfide) groups is 1.